The van der Waals surface area contributed by atoms with Gasteiger partial charge in [-0.05, 0) is 44.0 Å². The first-order valence-electron chi connectivity index (χ1n) is 7.14. The Kier molecular flexibility index (Phi) is 4.67. The van der Waals surface area contributed by atoms with Gasteiger partial charge < -0.3 is 10.5 Å². The van der Waals surface area contributed by atoms with E-state index in [1.165, 1.54) is 0 Å². The summed E-state index contributed by atoms with van der Waals surface area (Å²) in [7, 11) is 0. The molecule has 0 fully saturated rings. The summed E-state index contributed by atoms with van der Waals surface area (Å²) in [6.07, 6.45) is -10.1. The standard InChI is InChI=1S/C17H15F6NO/c1-8-4-9(2)14(10(3)5-8)25-15-12(16(18,19)20)6-11(24)7-13(15)17(21,22)23/h4-7H,24H2,1-3H3. The first kappa shape index (κ1) is 19.0. The van der Waals surface area contributed by atoms with Crippen molar-refractivity contribution in [2.24, 2.45) is 0 Å². The second-order valence-electron chi connectivity index (χ2n) is 5.77. The van der Waals surface area contributed by atoms with Crippen LogP contribution >= 0.6 is 0 Å². The number of rotatable bonds is 2. The maximum Gasteiger partial charge on any atom is 0.420 e. The van der Waals surface area contributed by atoms with E-state index in [1.807, 2.05) is 0 Å². The van der Waals surface area contributed by atoms with E-state index in [0.29, 0.717) is 23.3 Å². The Labute approximate surface area is 140 Å². The van der Waals surface area contributed by atoms with Gasteiger partial charge in [0.25, 0.3) is 0 Å². The fourth-order valence-corrected chi connectivity index (χ4v) is 2.61. The molecule has 0 saturated heterocycles. The molecule has 2 aromatic carbocycles. The minimum Gasteiger partial charge on any atom is -0.456 e. The lowest BCUT2D eigenvalue weighted by Crippen LogP contribution is -2.15. The number of aryl methyl sites for hydroxylation is 3. The Hall–Kier alpha value is -2.38. The van der Waals surface area contributed by atoms with Gasteiger partial charge in [-0.15, -0.1) is 0 Å². The normalized spacial score (nSPS) is 12.4. The monoisotopic (exact) mass is 363 g/mol. The Balaban J connectivity index is 2.75. The molecular formula is C17H15F6NO. The molecule has 0 heterocycles. The summed E-state index contributed by atoms with van der Waals surface area (Å²) in [6, 6.07) is 4.09. The molecule has 2 nitrogen and oxygen atoms in total. The third kappa shape index (κ3) is 4.00. The lowest BCUT2D eigenvalue weighted by Gasteiger charge is -2.21. The molecule has 0 bridgehead atoms. The predicted octanol–water partition coefficient (Wildman–Crippen LogP) is 6.02. The van der Waals surface area contributed by atoms with E-state index in [-0.39, 0.29) is 5.75 Å². The van der Waals surface area contributed by atoms with Gasteiger partial charge in [0.15, 0.2) is 5.75 Å². The van der Waals surface area contributed by atoms with Crippen molar-refractivity contribution in [1.82, 2.24) is 0 Å². The number of nitrogen functional groups attached to an aromatic ring is 1. The van der Waals surface area contributed by atoms with Gasteiger partial charge in [0, 0.05) is 5.69 Å². The van der Waals surface area contributed by atoms with Crippen LogP contribution in [0.1, 0.15) is 27.8 Å². The maximum atomic E-state index is 13.3. The average molecular weight is 363 g/mol. The fourth-order valence-electron chi connectivity index (χ4n) is 2.61. The van der Waals surface area contributed by atoms with Crippen LogP contribution in [0.3, 0.4) is 0 Å². The van der Waals surface area contributed by atoms with Crippen LogP contribution in [0.5, 0.6) is 11.5 Å². The third-order valence-electron chi connectivity index (χ3n) is 3.53. The molecule has 0 atom stereocenters. The predicted molar refractivity (Wildman–Crippen MR) is 81.6 cm³/mol. The highest BCUT2D eigenvalue weighted by atomic mass is 19.4. The molecular weight excluding hydrogens is 348 g/mol. The van der Waals surface area contributed by atoms with Crippen molar-refractivity contribution in [2.75, 3.05) is 5.73 Å². The van der Waals surface area contributed by atoms with Gasteiger partial charge in [-0.3, -0.25) is 0 Å². The summed E-state index contributed by atoms with van der Waals surface area (Å²) in [5.74, 6) is -1.35. The third-order valence-corrected chi connectivity index (χ3v) is 3.53. The minimum atomic E-state index is -5.06. The van der Waals surface area contributed by atoms with Crippen molar-refractivity contribution in [1.29, 1.82) is 0 Å². The fraction of sp³-hybridized carbons (Fsp3) is 0.294. The zero-order chi connectivity index (χ0) is 19.2. The summed E-state index contributed by atoms with van der Waals surface area (Å²) in [4.78, 5) is 0. The van der Waals surface area contributed by atoms with Gasteiger partial charge in [0.1, 0.15) is 16.9 Å². The van der Waals surface area contributed by atoms with Crippen molar-refractivity contribution in [2.45, 2.75) is 33.1 Å². The zero-order valence-electron chi connectivity index (χ0n) is 13.6. The molecule has 0 amide bonds. The van der Waals surface area contributed by atoms with E-state index in [4.69, 9.17) is 10.5 Å². The highest BCUT2D eigenvalue weighted by molar-refractivity contribution is 5.58. The summed E-state index contributed by atoms with van der Waals surface area (Å²) in [5.41, 5.74) is 3.11. The van der Waals surface area contributed by atoms with E-state index in [9.17, 15) is 26.3 Å². The van der Waals surface area contributed by atoms with Crippen LogP contribution in [0.15, 0.2) is 24.3 Å². The van der Waals surface area contributed by atoms with E-state index in [0.717, 1.165) is 5.56 Å². The number of hydrogen-bond donors (Lipinski definition) is 1. The van der Waals surface area contributed by atoms with E-state index < -0.39 is 34.9 Å². The Morgan fingerprint density at radius 1 is 0.720 bits per heavy atom. The number of halogens is 6. The molecule has 0 aliphatic carbocycles. The van der Waals surface area contributed by atoms with Crippen molar-refractivity contribution >= 4 is 5.69 Å². The minimum absolute atomic E-state index is 0.0497. The number of anilines is 1. The quantitative estimate of drug-likeness (QED) is 0.523. The highest BCUT2D eigenvalue weighted by Crippen LogP contribution is 2.47. The van der Waals surface area contributed by atoms with Crippen LogP contribution in [-0.2, 0) is 12.4 Å². The number of benzene rings is 2. The Morgan fingerprint density at radius 2 is 1.12 bits per heavy atom. The summed E-state index contributed by atoms with van der Waals surface area (Å²) < 4.78 is 84.7. The molecule has 0 radical (unpaired) electrons. The molecule has 0 aliphatic heterocycles. The summed E-state index contributed by atoms with van der Waals surface area (Å²) in [6.45, 7) is 4.86. The topological polar surface area (TPSA) is 35.2 Å². The first-order valence-corrected chi connectivity index (χ1v) is 7.14. The smallest absolute Gasteiger partial charge is 0.420 e. The van der Waals surface area contributed by atoms with Crippen molar-refractivity contribution in [3.8, 4) is 11.5 Å². The van der Waals surface area contributed by atoms with E-state index in [1.54, 1.807) is 32.9 Å². The molecule has 8 heteroatoms. The van der Waals surface area contributed by atoms with E-state index >= 15 is 0 Å². The molecule has 2 aromatic rings. The summed E-state index contributed by atoms with van der Waals surface area (Å²) >= 11 is 0. The van der Waals surface area contributed by atoms with Crippen molar-refractivity contribution in [3.05, 3.63) is 52.1 Å². The molecule has 2 rings (SSSR count). The number of hydrogen-bond acceptors (Lipinski definition) is 2. The van der Waals surface area contributed by atoms with Crippen molar-refractivity contribution < 1.29 is 31.1 Å². The number of alkyl halides is 6. The van der Waals surface area contributed by atoms with Crippen LogP contribution in [0.2, 0.25) is 0 Å². The molecule has 25 heavy (non-hydrogen) atoms. The Morgan fingerprint density at radius 3 is 1.48 bits per heavy atom. The van der Waals surface area contributed by atoms with E-state index in [2.05, 4.69) is 0 Å². The molecule has 136 valence electrons. The maximum absolute atomic E-state index is 13.3. The molecule has 0 spiro atoms. The average Bonchev–Trinajstić information content (AvgIpc) is 2.41. The Bertz CT molecular complexity index is 750. The molecule has 2 N–H and O–H groups in total. The second-order valence-corrected chi connectivity index (χ2v) is 5.77. The number of nitrogens with two attached hydrogens (primary N) is 1. The largest absolute Gasteiger partial charge is 0.456 e. The summed E-state index contributed by atoms with van der Waals surface area (Å²) in [5, 5.41) is 0. The van der Waals surface area contributed by atoms with Gasteiger partial charge in [-0.25, -0.2) is 0 Å². The molecule has 0 saturated carbocycles. The van der Waals surface area contributed by atoms with Gasteiger partial charge in [-0.1, -0.05) is 17.7 Å². The number of ether oxygens (including phenoxy) is 1. The van der Waals surface area contributed by atoms with Gasteiger partial charge in [0.05, 0.1) is 0 Å². The van der Waals surface area contributed by atoms with Gasteiger partial charge in [0.2, 0.25) is 0 Å². The first-order chi connectivity index (χ1) is 11.3. The van der Waals surface area contributed by atoms with Crippen LogP contribution < -0.4 is 10.5 Å². The lowest BCUT2D eigenvalue weighted by molar-refractivity contribution is -0.144. The molecule has 0 unspecified atom stereocenters. The van der Waals surface area contributed by atoms with Gasteiger partial charge in [-0.2, -0.15) is 26.3 Å². The van der Waals surface area contributed by atoms with Crippen LogP contribution in [-0.4, -0.2) is 0 Å². The van der Waals surface area contributed by atoms with Crippen LogP contribution in [0, 0.1) is 20.8 Å². The van der Waals surface area contributed by atoms with Crippen molar-refractivity contribution in [3.63, 3.8) is 0 Å². The molecule has 0 aromatic heterocycles. The van der Waals surface area contributed by atoms with Crippen LogP contribution in [0.4, 0.5) is 32.0 Å². The zero-order valence-corrected chi connectivity index (χ0v) is 13.6. The van der Waals surface area contributed by atoms with Gasteiger partial charge >= 0.3 is 12.4 Å². The lowest BCUT2D eigenvalue weighted by atomic mass is 10.0. The van der Waals surface area contributed by atoms with Crippen LogP contribution in [0.25, 0.3) is 0 Å². The highest BCUT2D eigenvalue weighted by Gasteiger charge is 2.43. The second kappa shape index (κ2) is 6.16. The SMILES string of the molecule is Cc1cc(C)c(Oc2c(C(F)(F)F)cc(N)cc2C(F)(F)F)c(C)c1. The molecule has 0 aliphatic rings.